The van der Waals surface area contributed by atoms with Crippen molar-refractivity contribution in [3.05, 3.63) is 47.4 Å². The fraction of sp³-hybridized carbons (Fsp3) is 0.312. The molecular formula is C16H15ClF3N5O. The van der Waals surface area contributed by atoms with Crippen molar-refractivity contribution < 1.29 is 18.0 Å². The van der Waals surface area contributed by atoms with Gasteiger partial charge in [0.05, 0.1) is 11.3 Å². The van der Waals surface area contributed by atoms with E-state index in [1.807, 2.05) is 4.90 Å². The molecule has 3 rings (SSSR count). The predicted octanol–water partition coefficient (Wildman–Crippen LogP) is 3.50. The van der Waals surface area contributed by atoms with Gasteiger partial charge in [-0.25, -0.2) is 14.8 Å². The second-order valence-corrected chi connectivity index (χ2v) is 5.97. The Kier molecular flexibility index (Phi) is 5.17. The first-order valence-corrected chi connectivity index (χ1v) is 8.18. The molecule has 0 atom stereocenters. The number of amides is 2. The quantitative estimate of drug-likeness (QED) is 0.804. The van der Waals surface area contributed by atoms with Gasteiger partial charge in [0.15, 0.2) is 0 Å². The standard InChI is InChI=1S/C16H15ClF3N5O/c17-14-21-6-5-13(23-14)24-7-9-25(10-8-24)15(26)22-12-4-2-1-3-11(12)16(18,19)20/h1-6H,7-10H2,(H,22,26). The van der Waals surface area contributed by atoms with Crippen LogP contribution in [0.5, 0.6) is 0 Å². The highest BCUT2D eigenvalue weighted by atomic mass is 35.5. The molecule has 138 valence electrons. The van der Waals surface area contributed by atoms with Gasteiger partial charge in [-0.15, -0.1) is 0 Å². The van der Waals surface area contributed by atoms with Gasteiger partial charge in [0.2, 0.25) is 5.28 Å². The summed E-state index contributed by atoms with van der Waals surface area (Å²) < 4.78 is 39.1. The van der Waals surface area contributed by atoms with Crippen LogP contribution in [0.2, 0.25) is 5.28 Å². The molecule has 0 aliphatic carbocycles. The van der Waals surface area contributed by atoms with Crippen molar-refractivity contribution in [3.8, 4) is 0 Å². The number of urea groups is 1. The molecule has 1 N–H and O–H groups in total. The molecule has 1 aromatic carbocycles. The molecule has 0 unspecified atom stereocenters. The van der Waals surface area contributed by atoms with Crippen LogP contribution in [0.4, 0.5) is 29.5 Å². The minimum absolute atomic E-state index is 0.131. The van der Waals surface area contributed by atoms with Crippen LogP contribution in [0, 0.1) is 0 Å². The van der Waals surface area contributed by atoms with E-state index in [4.69, 9.17) is 11.6 Å². The second kappa shape index (κ2) is 7.36. The zero-order valence-electron chi connectivity index (χ0n) is 13.5. The van der Waals surface area contributed by atoms with E-state index in [-0.39, 0.29) is 11.0 Å². The molecule has 0 bridgehead atoms. The number of nitrogens with zero attached hydrogens (tertiary/aromatic N) is 4. The van der Waals surface area contributed by atoms with Gasteiger partial charge in [-0.1, -0.05) is 12.1 Å². The van der Waals surface area contributed by atoms with Gasteiger partial charge >= 0.3 is 12.2 Å². The van der Waals surface area contributed by atoms with Crippen LogP contribution >= 0.6 is 11.6 Å². The average Bonchev–Trinajstić information content (AvgIpc) is 2.61. The van der Waals surface area contributed by atoms with Gasteiger partial charge in [-0.05, 0) is 29.8 Å². The number of aromatic nitrogens is 2. The van der Waals surface area contributed by atoms with Crippen molar-refractivity contribution in [2.45, 2.75) is 6.18 Å². The molecule has 0 radical (unpaired) electrons. The summed E-state index contributed by atoms with van der Waals surface area (Å²) in [6.07, 6.45) is -2.99. The number of hydrogen-bond donors (Lipinski definition) is 1. The topological polar surface area (TPSA) is 61.4 Å². The van der Waals surface area contributed by atoms with E-state index in [1.54, 1.807) is 6.07 Å². The molecule has 0 saturated carbocycles. The summed E-state index contributed by atoms with van der Waals surface area (Å²) in [6, 6.07) is 6.04. The lowest BCUT2D eigenvalue weighted by atomic mass is 10.1. The fourth-order valence-electron chi connectivity index (χ4n) is 2.67. The lowest BCUT2D eigenvalue weighted by Gasteiger charge is -2.35. The van der Waals surface area contributed by atoms with Crippen molar-refractivity contribution in [3.63, 3.8) is 0 Å². The molecule has 2 heterocycles. The number of anilines is 2. The Morgan fingerprint density at radius 1 is 1.12 bits per heavy atom. The fourth-order valence-corrected chi connectivity index (χ4v) is 2.82. The molecule has 1 aromatic heterocycles. The van der Waals surface area contributed by atoms with Gasteiger partial charge in [-0.3, -0.25) is 0 Å². The summed E-state index contributed by atoms with van der Waals surface area (Å²) in [6.45, 7) is 1.67. The third kappa shape index (κ3) is 4.16. The molecule has 10 heteroatoms. The molecule has 1 aliphatic rings. The van der Waals surface area contributed by atoms with E-state index in [1.165, 1.54) is 29.3 Å². The maximum Gasteiger partial charge on any atom is 0.418 e. The number of rotatable bonds is 2. The van der Waals surface area contributed by atoms with Crippen molar-refractivity contribution in [2.24, 2.45) is 0 Å². The molecule has 1 saturated heterocycles. The summed E-state index contributed by atoms with van der Waals surface area (Å²) in [4.78, 5) is 23.6. The van der Waals surface area contributed by atoms with Gasteiger partial charge in [0.25, 0.3) is 0 Å². The normalized spacial score (nSPS) is 15.1. The molecular weight excluding hydrogens is 371 g/mol. The summed E-state index contributed by atoms with van der Waals surface area (Å²) in [7, 11) is 0. The zero-order chi connectivity index (χ0) is 18.7. The summed E-state index contributed by atoms with van der Waals surface area (Å²) >= 11 is 5.77. The number of alkyl halides is 3. The lowest BCUT2D eigenvalue weighted by molar-refractivity contribution is -0.136. The number of benzene rings is 1. The van der Waals surface area contributed by atoms with Crippen LogP contribution < -0.4 is 10.2 Å². The largest absolute Gasteiger partial charge is 0.418 e. The summed E-state index contributed by atoms with van der Waals surface area (Å²) in [5.41, 5.74) is -1.13. The Morgan fingerprint density at radius 2 is 1.81 bits per heavy atom. The number of para-hydroxylation sites is 1. The van der Waals surface area contributed by atoms with E-state index in [2.05, 4.69) is 15.3 Å². The smallest absolute Gasteiger partial charge is 0.353 e. The van der Waals surface area contributed by atoms with E-state index in [0.717, 1.165) is 6.07 Å². The van der Waals surface area contributed by atoms with E-state index in [9.17, 15) is 18.0 Å². The first-order chi connectivity index (χ1) is 12.3. The van der Waals surface area contributed by atoms with Crippen LogP contribution in [-0.2, 0) is 6.18 Å². The first kappa shape index (κ1) is 18.2. The van der Waals surface area contributed by atoms with Crippen LogP contribution in [0.15, 0.2) is 36.5 Å². The van der Waals surface area contributed by atoms with E-state index in [0.29, 0.717) is 32.0 Å². The average molecular weight is 386 g/mol. The van der Waals surface area contributed by atoms with Crippen LogP contribution in [-0.4, -0.2) is 47.1 Å². The minimum atomic E-state index is -4.53. The number of hydrogen-bond acceptors (Lipinski definition) is 4. The number of carbonyl (C=O) groups excluding carboxylic acids is 1. The Morgan fingerprint density at radius 3 is 2.46 bits per heavy atom. The molecule has 26 heavy (non-hydrogen) atoms. The van der Waals surface area contributed by atoms with Gasteiger partial charge in [0, 0.05) is 32.4 Å². The molecule has 6 nitrogen and oxygen atoms in total. The zero-order valence-corrected chi connectivity index (χ0v) is 14.3. The third-order valence-electron chi connectivity index (χ3n) is 3.98. The predicted molar refractivity (Wildman–Crippen MR) is 91.3 cm³/mol. The van der Waals surface area contributed by atoms with Gasteiger partial charge < -0.3 is 15.1 Å². The monoisotopic (exact) mass is 385 g/mol. The van der Waals surface area contributed by atoms with Crippen LogP contribution in [0.25, 0.3) is 0 Å². The van der Waals surface area contributed by atoms with Crippen LogP contribution in [0.3, 0.4) is 0 Å². The maximum absolute atomic E-state index is 13.0. The molecule has 0 spiro atoms. The maximum atomic E-state index is 13.0. The van der Waals surface area contributed by atoms with Crippen molar-refractivity contribution in [1.29, 1.82) is 0 Å². The van der Waals surface area contributed by atoms with E-state index >= 15 is 0 Å². The van der Waals surface area contributed by atoms with Crippen molar-refractivity contribution in [1.82, 2.24) is 14.9 Å². The Hall–Kier alpha value is -2.55. The molecule has 2 amide bonds. The Balaban J connectivity index is 1.63. The first-order valence-electron chi connectivity index (χ1n) is 7.80. The third-order valence-corrected chi connectivity index (χ3v) is 4.16. The summed E-state index contributed by atoms with van der Waals surface area (Å²) in [5.74, 6) is 0.646. The SMILES string of the molecule is O=C(Nc1ccccc1C(F)(F)F)N1CCN(c2ccnc(Cl)n2)CC1. The highest BCUT2D eigenvalue weighted by Crippen LogP contribution is 2.34. The number of nitrogens with one attached hydrogen (secondary N) is 1. The van der Waals surface area contributed by atoms with Crippen molar-refractivity contribution >= 4 is 29.1 Å². The highest BCUT2D eigenvalue weighted by Gasteiger charge is 2.34. The second-order valence-electron chi connectivity index (χ2n) is 5.63. The molecule has 1 aliphatic heterocycles. The molecule has 1 fully saturated rings. The number of carbonyl (C=O) groups is 1. The Bertz CT molecular complexity index is 793. The van der Waals surface area contributed by atoms with Crippen LogP contribution in [0.1, 0.15) is 5.56 Å². The minimum Gasteiger partial charge on any atom is -0.353 e. The number of halogens is 4. The van der Waals surface area contributed by atoms with Gasteiger partial charge in [0.1, 0.15) is 5.82 Å². The lowest BCUT2D eigenvalue weighted by Crippen LogP contribution is -2.50. The van der Waals surface area contributed by atoms with Gasteiger partial charge in [-0.2, -0.15) is 13.2 Å². The Labute approximate surface area is 152 Å². The molecule has 2 aromatic rings. The van der Waals surface area contributed by atoms with E-state index < -0.39 is 17.8 Å². The highest BCUT2D eigenvalue weighted by molar-refractivity contribution is 6.28. The summed E-state index contributed by atoms with van der Waals surface area (Å²) in [5, 5.41) is 2.48. The van der Waals surface area contributed by atoms with Crippen molar-refractivity contribution in [2.75, 3.05) is 36.4 Å². The number of piperazine rings is 1.